The molecule has 0 saturated heterocycles. The van der Waals surface area contributed by atoms with E-state index in [0.717, 1.165) is 0 Å². The predicted octanol–water partition coefficient (Wildman–Crippen LogP) is 3.61. The fourth-order valence-electron chi connectivity index (χ4n) is 2.13. The maximum absolute atomic E-state index is 12.0. The summed E-state index contributed by atoms with van der Waals surface area (Å²) in [7, 11) is 0. The first-order valence-electron chi connectivity index (χ1n) is 8.25. The summed E-state index contributed by atoms with van der Waals surface area (Å²) in [5, 5.41) is 0.747. The lowest BCUT2D eigenvalue weighted by Crippen LogP contribution is -2.41. The summed E-state index contributed by atoms with van der Waals surface area (Å²) in [4.78, 5) is 47.4. The van der Waals surface area contributed by atoms with Crippen LogP contribution < -0.4 is 10.9 Å². The molecule has 0 aliphatic carbocycles. The second kappa shape index (κ2) is 10.8. The Morgan fingerprint density at radius 1 is 0.828 bits per heavy atom. The zero-order chi connectivity index (χ0) is 21.4. The first-order valence-corrected chi connectivity index (χ1v) is 9.39. The number of ketones is 1. The van der Waals surface area contributed by atoms with Gasteiger partial charge >= 0.3 is 5.97 Å². The van der Waals surface area contributed by atoms with Crippen molar-refractivity contribution in [1.82, 2.24) is 10.9 Å². The number of rotatable bonds is 7. The zero-order valence-electron chi connectivity index (χ0n) is 14.8. The van der Waals surface area contributed by atoms with Crippen molar-refractivity contribution in [3.05, 3.63) is 68.7 Å². The molecule has 2 aromatic rings. The molecule has 2 aromatic carbocycles. The van der Waals surface area contributed by atoms with Crippen LogP contribution in [0.5, 0.6) is 0 Å². The van der Waals surface area contributed by atoms with Crippen molar-refractivity contribution in [2.24, 2.45) is 0 Å². The molecule has 29 heavy (non-hydrogen) atoms. The number of amides is 2. The van der Waals surface area contributed by atoms with Crippen molar-refractivity contribution in [2.45, 2.75) is 12.8 Å². The number of halogens is 3. The van der Waals surface area contributed by atoms with Crippen LogP contribution in [-0.2, 0) is 14.3 Å². The van der Waals surface area contributed by atoms with Gasteiger partial charge in [-0.15, -0.1) is 0 Å². The summed E-state index contributed by atoms with van der Waals surface area (Å²) in [6, 6.07) is 10.6. The summed E-state index contributed by atoms with van der Waals surface area (Å²) in [5.74, 6) is -2.47. The van der Waals surface area contributed by atoms with Crippen molar-refractivity contribution in [1.29, 1.82) is 0 Å². The highest BCUT2D eigenvalue weighted by molar-refractivity contribution is 6.37. The Morgan fingerprint density at radius 2 is 1.55 bits per heavy atom. The number of ether oxygens (including phenoxy) is 1. The molecule has 0 atom stereocenters. The molecular formula is C19H15Cl3N2O5. The number of hydrogen-bond donors (Lipinski definition) is 2. The monoisotopic (exact) mass is 456 g/mol. The predicted molar refractivity (Wildman–Crippen MR) is 108 cm³/mol. The van der Waals surface area contributed by atoms with E-state index in [0.29, 0.717) is 5.02 Å². The summed E-state index contributed by atoms with van der Waals surface area (Å²) in [6.07, 6.45) is -0.535. The third-order valence-corrected chi connectivity index (χ3v) is 4.46. The molecular weight excluding hydrogens is 443 g/mol. The van der Waals surface area contributed by atoms with E-state index in [-0.39, 0.29) is 34.0 Å². The van der Waals surface area contributed by atoms with Crippen molar-refractivity contribution < 1.29 is 23.9 Å². The maximum Gasteiger partial charge on any atom is 0.306 e. The molecule has 7 nitrogen and oxygen atoms in total. The van der Waals surface area contributed by atoms with Crippen LogP contribution in [-0.4, -0.2) is 30.2 Å². The van der Waals surface area contributed by atoms with E-state index in [2.05, 4.69) is 10.9 Å². The lowest BCUT2D eigenvalue weighted by Gasteiger charge is -2.08. The van der Waals surface area contributed by atoms with Crippen LogP contribution in [0.25, 0.3) is 0 Å². The van der Waals surface area contributed by atoms with Crippen LogP contribution in [0.2, 0.25) is 15.1 Å². The van der Waals surface area contributed by atoms with Gasteiger partial charge in [0.2, 0.25) is 11.7 Å². The van der Waals surface area contributed by atoms with Crippen molar-refractivity contribution >= 4 is 58.4 Å². The van der Waals surface area contributed by atoms with E-state index in [1.807, 2.05) is 0 Å². The Bertz CT molecular complexity index is 949. The summed E-state index contributed by atoms with van der Waals surface area (Å²) >= 11 is 17.6. The van der Waals surface area contributed by atoms with Crippen molar-refractivity contribution in [3.8, 4) is 0 Å². The number of hydrogen-bond acceptors (Lipinski definition) is 5. The second-order valence-corrected chi connectivity index (χ2v) is 6.94. The molecule has 0 heterocycles. The van der Waals surface area contributed by atoms with Crippen molar-refractivity contribution in [3.63, 3.8) is 0 Å². The molecule has 0 unspecified atom stereocenters. The average molecular weight is 458 g/mol. The van der Waals surface area contributed by atoms with Gasteiger partial charge in [-0.05, 0) is 30.3 Å². The van der Waals surface area contributed by atoms with Crippen LogP contribution in [0.15, 0.2) is 42.5 Å². The molecule has 0 saturated carbocycles. The van der Waals surface area contributed by atoms with Gasteiger partial charge in [-0.2, -0.15) is 0 Å². The van der Waals surface area contributed by atoms with Crippen LogP contribution in [0.1, 0.15) is 33.6 Å². The van der Waals surface area contributed by atoms with Crippen LogP contribution in [0.4, 0.5) is 0 Å². The number of benzene rings is 2. The summed E-state index contributed by atoms with van der Waals surface area (Å²) in [5.41, 5.74) is 4.71. The molecule has 0 aliphatic heterocycles. The van der Waals surface area contributed by atoms with Gasteiger partial charge in [0.05, 0.1) is 22.0 Å². The number of Topliss-reactive ketones (excluding diaryl/α,β-unsaturated/α-hetero) is 1. The van der Waals surface area contributed by atoms with Gasteiger partial charge in [-0.1, -0.05) is 46.9 Å². The van der Waals surface area contributed by atoms with Gasteiger partial charge in [0.1, 0.15) is 0 Å². The first kappa shape index (κ1) is 22.7. The Kier molecular flexibility index (Phi) is 8.45. The minimum atomic E-state index is -0.754. The number of esters is 1. The molecule has 0 bridgehead atoms. The van der Waals surface area contributed by atoms with Gasteiger partial charge in [-0.25, -0.2) is 0 Å². The van der Waals surface area contributed by atoms with Gasteiger partial charge in [0.15, 0.2) is 6.61 Å². The van der Waals surface area contributed by atoms with E-state index in [9.17, 15) is 19.2 Å². The SMILES string of the molecule is O=C(CCC(=O)OCC(=O)c1ccc(Cl)cc1Cl)NNC(=O)c1ccccc1Cl. The molecule has 2 amide bonds. The Labute approximate surface area is 181 Å². The lowest BCUT2D eigenvalue weighted by atomic mass is 10.1. The van der Waals surface area contributed by atoms with Crippen LogP contribution >= 0.6 is 34.8 Å². The van der Waals surface area contributed by atoms with E-state index in [1.54, 1.807) is 12.1 Å². The Balaban J connectivity index is 1.72. The maximum atomic E-state index is 12.0. The van der Waals surface area contributed by atoms with E-state index in [1.165, 1.54) is 30.3 Å². The third kappa shape index (κ3) is 7.05. The Morgan fingerprint density at radius 3 is 2.24 bits per heavy atom. The van der Waals surface area contributed by atoms with Gasteiger partial charge in [-0.3, -0.25) is 30.0 Å². The largest absolute Gasteiger partial charge is 0.457 e. The van der Waals surface area contributed by atoms with E-state index < -0.39 is 30.2 Å². The van der Waals surface area contributed by atoms with Gasteiger partial charge < -0.3 is 4.74 Å². The molecule has 0 spiro atoms. The molecule has 10 heteroatoms. The first-order chi connectivity index (χ1) is 13.8. The second-order valence-electron chi connectivity index (χ2n) is 5.69. The quantitative estimate of drug-likeness (QED) is 0.376. The highest BCUT2D eigenvalue weighted by atomic mass is 35.5. The van der Waals surface area contributed by atoms with Gasteiger partial charge in [0, 0.05) is 17.0 Å². The minimum absolute atomic E-state index is 0.146. The van der Waals surface area contributed by atoms with E-state index in [4.69, 9.17) is 39.5 Å². The van der Waals surface area contributed by atoms with Crippen LogP contribution in [0, 0.1) is 0 Å². The molecule has 0 aromatic heterocycles. The van der Waals surface area contributed by atoms with Crippen molar-refractivity contribution in [2.75, 3.05) is 6.61 Å². The Hall–Kier alpha value is -2.61. The third-order valence-electron chi connectivity index (χ3n) is 3.59. The molecule has 2 N–H and O–H groups in total. The molecule has 152 valence electrons. The topological polar surface area (TPSA) is 102 Å². The lowest BCUT2D eigenvalue weighted by molar-refractivity contribution is -0.143. The number of carbonyl (C=O) groups is 4. The summed E-state index contributed by atoms with van der Waals surface area (Å²) < 4.78 is 4.84. The molecule has 0 aliphatic rings. The highest BCUT2D eigenvalue weighted by Gasteiger charge is 2.15. The fraction of sp³-hybridized carbons (Fsp3) is 0.158. The molecule has 0 radical (unpaired) electrons. The smallest absolute Gasteiger partial charge is 0.306 e. The number of hydrazine groups is 1. The van der Waals surface area contributed by atoms with Gasteiger partial charge in [0.25, 0.3) is 5.91 Å². The molecule has 2 rings (SSSR count). The zero-order valence-corrected chi connectivity index (χ0v) is 17.1. The minimum Gasteiger partial charge on any atom is -0.457 e. The normalized spacial score (nSPS) is 10.2. The number of carbonyl (C=O) groups excluding carboxylic acids is 4. The fourth-order valence-corrected chi connectivity index (χ4v) is 2.86. The van der Waals surface area contributed by atoms with E-state index >= 15 is 0 Å². The average Bonchev–Trinajstić information content (AvgIpc) is 2.69. The highest BCUT2D eigenvalue weighted by Crippen LogP contribution is 2.21. The number of nitrogens with one attached hydrogen (secondary N) is 2. The summed E-state index contributed by atoms with van der Waals surface area (Å²) in [6.45, 7) is -0.523. The molecule has 0 fully saturated rings. The van der Waals surface area contributed by atoms with Crippen LogP contribution in [0.3, 0.4) is 0 Å². The standard InChI is InChI=1S/C19H15Cl3N2O5/c20-11-5-6-12(15(22)9-11)16(25)10-29-18(27)8-7-17(26)23-24-19(28)13-3-1-2-4-14(13)21/h1-6,9H,7-8,10H2,(H,23,26)(H,24,28).